The van der Waals surface area contributed by atoms with Gasteiger partial charge >= 0.3 is 0 Å². The van der Waals surface area contributed by atoms with E-state index in [1.165, 1.54) is 22.9 Å². The summed E-state index contributed by atoms with van der Waals surface area (Å²) in [6.07, 6.45) is 3.48. The monoisotopic (exact) mass is 423 g/mol. The molecular formula is C21H21N5OS2. The molecule has 3 rings (SSSR count). The van der Waals surface area contributed by atoms with Gasteiger partial charge in [0.15, 0.2) is 0 Å². The van der Waals surface area contributed by atoms with E-state index >= 15 is 0 Å². The van der Waals surface area contributed by atoms with Gasteiger partial charge in [-0.25, -0.2) is 0 Å². The molecule has 148 valence electrons. The van der Waals surface area contributed by atoms with Gasteiger partial charge in [0, 0.05) is 22.9 Å². The summed E-state index contributed by atoms with van der Waals surface area (Å²) >= 11 is 2.49. The van der Waals surface area contributed by atoms with E-state index in [0.717, 1.165) is 34.2 Å². The van der Waals surface area contributed by atoms with Crippen LogP contribution in [0.2, 0.25) is 0 Å². The van der Waals surface area contributed by atoms with Crippen molar-refractivity contribution in [2.75, 3.05) is 11.6 Å². The molecule has 0 spiro atoms. The van der Waals surface area contributed by atoms with Crippen LogP contribution in [0.5, 0.6) is 0 Å². The van der Waals surface area contributed by atoms with Gasteiger partial charge in [-0.2, -0.15) is 14.6 Å². The average molecular weight is 424 g/mol. The minimum atomic E-state index is -0.492. The molecule has 0 atom stereocenters. The van der Waals surface area contributed by atoms with Crippen molar-refractivity contribution in [1.82, 2.24) is 13.9 Å². The van der Waals surface area contributed by atoms with Crippen LogP contribution >= 0.6 is 23.3 Å². The first kappa shape index (κ1) is 20.8. The van der Waals surface area contributed by atoms with Crippen molar-refractivity contribution in [3.63, 3.8) is 0 Å². The number of hydrogen-bond donors (Lipinski definition) is 1. The van der Waals surface area contributed by atoms with Crippen LogP contribution in [0.3, 0.4) is 0 Å². The van der Waals surface area contributed by atoms with E-state index in [9.17, 15) is 10.1 Å². The number of anilines is 1. The number of aromatic nitrogens is 3. The molecule has 0 aliphatic heterocycles. The van der Waals surface area contributed by atoms with Crippen molar-refractivity contribution in [3.8, 4) is 11.8 Å². The molecule has 0 aliphatic rings. The van der Waals surface area contributed by atoms with Crippen molar-refractivity contribution in [2.45, 2.75) is 32.9 Å². The van der Waals surface area contributed by atoms with Gasteiger partial charge in [-0.15, -0.1) is 0 Å². The summed E-state index contributed by atoms with van der Waals surface area (Å²) in [4.78, 5) is 16.7. The number of amides is 1. The number of para-hydroxylation sites is 1. The zero-order valence-corrected chi connectivity index (χ0v) is 18.5. The summed E-state index contributed by atoms with van der Waals surface area (Å²) in [6, 6.07) is 10.2. The Morgan fingerprint density at radius 1 is 1.28 bits per heavy atom. The van der Waals surface area contributed by atoms with E-state index in [-0.39, 0.29) is 5.57 Å². The average Bonchev–Trinajstić information content (AvgIpc) is 3.24. The second-order valence-electron chi connectivity index (χ2n) is 6.61. The smallest absolute Gasteiger partial charge is 0.268 e. The molecule has 2 aromatic heterocycles. The number of nitrogens with one attached hydrogen (secondary N) is 1. The number of aryl methyl sites for hydroxylation is 3. The number of hydrogen-bond acceptors (Lipinski definition) is 6. The Labute approximate surface area is 178 Å². The Balaban J connectivity index is 1.96. The second kappa shape index (κ2) is 8.64. The number of benzene rings is 1. The maximum absolute atomic E-state index is 12.6. The standard InChI is InChI=1S/C21H21N5OS2/c1-12-7-6-8-13(2)18(12)26-14(3)9-16(15(26)4)10-17(11-22)19(27)23-20-24-21(28-5)25-29-20/h6-10H,1-5H3,(H,23,24,25,27). The van der Waals surface area contributed by atoms with E-state index in [0.29, 0.717) is 10.3 Å². The maximum atomic E-state index is 12.6. The maximum Gasteiger partial charge on any atom is 0.268 e. The van der Waals surface area contributed by atoms with Crippen LogP contribution in [0.1, 0.15) is 28.1 Å². The lowest BCUT2D eigenvalue weighted by molar-refractivity contribution is -0.112. The van der Waals surface area contributed by atoms with Gasteiger partial charge in [0.25, 0.3) is 5.91 Å². The molecule has 0 saturated heterocycles. The minimum Gasteiger partial charge on any atom is -0.317 e. The van der Waals surface area contributed by atoms with Crippen molar-refractivity contribution < 1.29 is 4.79 Å². The van der Waals surface area contributed by atoms with Crippen LogP contribution in [0.15, 0.2) is 35.0 Å². The summed E-state index contributed by atoms with van der Waals surface area (Å²) in [5.74, 6) is -0.492. The number of nitriles is 1. The molecule has 0 aliphatic carbocycles. The summed E-state index contributed by atoms with van der Waals surface area (Å²) in [5.41, 5.74) is 6.33. The third-order valence-corrected chi connectivity index (χ3v) is 5.90. The molecule has 1 aromatic carbocycles. The Kier molecular flexibility index (Phi) is 6.20. The number of nitrogens with zero attached hydrogens (tertiary/aromatic N) is 4. The Morgan fingerprint density at radius 3 is 2.55 bits per heavy atom. The van der Waals surface area contributed by atoms with Gasteiger partial charge in [0.2, 0.25) is 10.3 Å². The molecule has 1 N–H and O–H groups in total. The van der Waals surface area contributed by atoms with Crippen LogP contribution in [-0.2, 0) is 4.79 Å². The SMILES string of the molecule is CSc1nsc(NC(=O)C(C#N)=Cc2cc(C)n(-c3c(C)cccc3C)c2C)n1. The molecular weight excluding hydrogens is 402 g/mol. The molecule has 29 heavy (non-hydrogen) atoms. The van der Waals surface area contributed by atoms with Gasteiger partial charge in [-0.3, -0.25) is 10.1 Å². The summed E-state index contributed by atoms with van der Waals surface area (Å²) in [7, 11) is 0. The van der Waals surface area contributed by atoms with Crippen LogP contribution < -0.4 is 5.32 Å². The highest BCUT2D eigenvalue weighted by molar-refractivity contribution is 7.98. The zero-order valence-electron chi connectivity index (χ0n) is 16.9. The van der Waals surface area contributed by atoms with E-state index in [1.54, 1.807) is 6.08 Å². The molecule has 0 unspecified atom stereocenters. The molecule has 0 saturated carbocycles. The predicted molar refractivity (Wildman–Crippen MR) is 119 cm³/mol. The number of rotatable bonds is 5. The molecule has 2 heterocycles. The normalized spacial score (nSPS) is 11.4. The van der Waals surface area contributed by atoms with Crippen molar-refractivity contribution in [1.29, 1.82) is 5.26 Å². The summed E-state index contributed by atoms with van der Waals surface area (Å²) in [6.45, 7) is 8.17. The Bertz CT molecular complexity index is 1130. The molecule has 6 nitrogen and oxygen atoms in total. The lowest BCUT2D eigenvalue weighted by atomic mass is 10.1. The first-order valence-corrected chi connectivity index (χ1v) is 10.9. The highest BCUT2D eigenvalue weighted by Gasteiger charge is 2.17. The van der Waals surface area contributed by atoms with Crippen molar-refractivity contribution in [2.24, 2.45) is 0 Å². The molecule has 0 radical (unpaired) electrons. The van der Waals surface area contributed by atoms with Gasteiger partial charge in [0.05, 0.1) is 5.69 Å². The minimum absolute atomic E-state index is 0.0210. The molecule has 0 bridgehead atoms. The van der Waals surface area contributed by atoms with Gasteiger partial charge in [-0.05, 0) is 62.8 Å². The fraction of sp³-hybridized carbons (Fsp3) is 0.238. The summed E-state index contributed by atoms with van der Waals surface area (Å²) in [5, 5.41) is 13.2. The summed E-state index contributed by atoms with van der Waals surface area (Å²) < 4.78 is 6.27. The predicted octanol–water partition coefficient (Wildman–Crippen LogP) is 4.83. The van der Waals surface area contributed by atoms with Crippen LogP contribution in [0, 0.1) is 39.0 Å². The van der Waals surface area contributed by atoms with Crippen LogP contribution in [0.4, 0.5) is 5.13 Å². The molecule has 0 fully saturated rings. The van der Waals surface area contributed by atoms with E-state index in [2.05, 4.69) is 45.2 Å². The van der Waals surface area contributed by atoms with Gasteiger partial charge < -0.3 is 4.57 Å². The largest absolute Gasteiger partial charge is 0.317 e. The fourth-order valence-corrected chi connectivity index (χ4v) is 4.37. The van der Waals surface area contributed by atoms with E-state index in [1.807, 2.05) is 38.3 Å². The van der Waals surface area contributed by atoms with E-state index < -0.39 is 5.91 Å². The van der Waals surface area contributed by atoms with Crippen LogP contribution in [0.25, 0.3) is 11.8 Å². The zero-order chi connectivity index (χ0) is 21.1. The Hall–Kier alpha value is -2.89. The fourth-order valence-electron chi connectivity index (χ4n) is 3.25. The van der Waals surface area contributed by atoms with Crippen LogP contribution in [-0.4, -0.2) is 26.1 Å². The number of carbonyl (C=O) groups is 1. The number of thioether (sulfide) groups is 1. The first-order chi connectivity index (χ1) is 13.8. The highest BCUT2D eigenvalue weighted by Crippen LogP contribution is 2.27. The first-order valence-electron chi connectivity index (χ1n) is 8.92. The lowest BCUT2D eigenvalue weighted by Gasteiger charge is -2.15. The topological polar surface area (TPSA) is 83.6 Å². The van der Waals surface area contributed by atoms with Gasteiger partial charge in [-0.1, -0.05) is 30.0 Å². The van der Waals surface area contributed by atoms with Gasteiger partial charge in [0.1, 0.15) is 11.6 Å². The van der Waals surface area contributed by atoms with Crippen molar-refractivity contribution >= 4 is 40.4 Å². The third-order valence-electron chi connectivity index (χ3n) is 4.61. The molecule has 3 aromatic rings. The van der Waals surface area contributed by atoms with Crippen molar-refractivity contribution in [3.05, 3.63) is 57.9 Å². The highest BCUT2D eigenvalue weighted by atomic mass is 32.2. The Morgan fingerprint density at radius 2 is 1.97 bits per heavy atom. The molecule has 8 heteroatoms. The second-order valence-corrected chi connectivity index (χ2v) is 8.14. The van der Waals surface area contributed by atoms with E-state index in [4.69, 9.17) is 0 Å². The molecule has 1 amide bonds. The number of carbonyl (C=O) groups excluding carboxylic acids is 1. The third kappa shape index (κ3) is 4.26. The lowest BCUT2D eigenvalue weighted by Crippen LogP contribution is -2.13. The quantitative estimate of drug-likeness (QED) is 0.361.